The van der Waals surface area contributed by atoms with Gasteiger partial charge in [0.1, 0.15) is 18.1 Å². The van der Waals surface area contributed by atoms with E-state index in [4.69, 9.17) is 17.4 Å². The molecule has 2 aromatic rings. The van der Waals surface area contributed by atoms with Crippen molar-refractivity contribution in [3.8, 4) is 11.5 Å². The van der Waals surface area contributed by atoms with Crippen molar-refractivity contribution in [2.75, 3.05) is 6.61 Å². The number of hydrogen-bond donors (Lipinski definition) is 4. The molecule has 3 N–H and O–H groups in total. The molecular formula is C59H100O6S. The average Bonchev–Trinajstić information content (AvgIpc) is 3.20. The smallest absolute Gasteiger partial charge is 0.324 e. The van der Waals surface area contributed by atoms with Crippen molar-refractivity contribution >= 4 is 24.6 Å². The number of carboxylic acids is 1. The van der Waals surface area contributed by atoms with E-state index in [1.807, 2.05) is 107 Å². The van der Waals surface area contributed by atoms with E-state index in [0.717, 1.165) is 38.5 Å². The van der Waals surface area contributed by atoms with Gasteiger partial charge in [-0.2, -0.15) is 12.6 Å². The lowest BCUT2D eigenvalue weighted by molar-refractivity contribution is -0.169. The number of carbonyl (C=O) groups excluding carboxylic acids is 1. The molecule has 0 heterocycles. The van der Waals surface area contributed by atoms with Crippen LogP contribution < -0.4 is 0 Å². The average molecular weight is 938 g/mol. The van der Waals surface area contributed by atoms with Crippen LogP contribution in [-0.2, 0) is 48.8 Å². The van der Waals surface area contributed by atoms with Gasteiger partial charge in [-0.15, -0.1) is 0 Å². The molecule has 0 radical (unpaired) electrons. The Bertz CT molecular complexity index is 1590. The van der Waals surface area contributed by atoms with Gasteiger partial charge in [0.25, 0.3) is 0 Å². The summed E-state index contributed by atoms with van der Waals surface area (Å²) in [6.45, 7) is 28.9. The molecule has 0 unspecified atom stereocenters. The number of ether oxygens (including phenoxy) is 1. The number of carboxylic acid groups (broad SMARTS) is 1. The van der Waals surface area contributed by atoms with E-state index >= 15 is 4.79 Å². The number of thiol groups is 1. The Labute approximate surface area is 411 Å². The first-order valence-electron chi connectivity index (χ1n) is 26.5. The summed E-state index contributed by atoms with van der Waals surface area (Å²) >= 11 is 5.34. The topological polar surface area (TPSA) is 104 Å². The predicted octanol–water partition coefficient (Wildman–Crippen LogP) is 17.0. The lowest BCUT2D eigenvalue weighted by atomic mass is 9.71. The standard InChI is InChI=1S/C59H100O6S/c1-15-17-19-21-23-25-27-29-31-33-35-58(66,36-34-32-30-28-26-24-22-20-18-16-2)43-65-53(64)59(52(62)63,41-44-37-46(54(3,4)5)50(60)47(38-44)55(6,7)8)42-45-39-48(56(9,10)11)51(61)49(40-45)57(12,13)14/h37-40,60-61,66H,15-36,41-43H2,1-14H3,(H,62,63). The molecule has 2 aromatic carbocycles. The minimum atomic E-state index is -2.02. The van der Waals surface area contributed by atoms with Crippen LogP contribution in [0.1, 0.15) is 272 Å². The summed E-state index contributed by atoms with van der Waals surface area (Å²) < 4.78 is 5.82. The molecule has 0 spiro atoms. The van der Waals surface area contributed by atoms with Crippen molar-refractivity contribution in [3.63, 3.8) is 0 Å². The molecule has 2 rings (SSSR count). The van der Waals surface area contributed by atoms with E-state index in [1.165, 1.54) is 103 Å². The highest BCUT2D eigenvalue weighted by molar-refractivity contribution is 7.81. The number of esters is 1. The first kappa shape index (κ1) is 59.5. The fourth-order valence-electron chi connectivity index (χ4n) is 9.51. The number of phenolic OH excluding ortho intramolecular Hbond substituents is 2. The first-order valence-corrected chi connectivity index (χ1v) is 26.9. The molecule has 0 aliphatic rings. The number of hydrogen-bond acceptors (Lipinski definition) is 6. The summed E-state index contributed by atoms with van der Waals surface area (Å²) in [5.74, 6) is -1.63. The maximum atomic E-state index is 15.2. The quantitative estimate of drug-likeness (QED) is 0.0269. The lowest BCUT2D eigenvalue weighted by Gasteiger charge is -2.34. The van der Waals surface area contributed by atoms with Crippen molar-refractivity contribution in [2.24, 2.45) is 5.41 Å². The number of aromatic hydroxyl groups is 2. The van der Waals surface area contributed by atoms with Crippen molar-refractivity contribution in [1.82, 2.24) is 0 Å². The van der Waals surface area contributed by atoms with Crippen LogP contribution in [0.2, 0.25) is 0 Å². The highest BCUT2D eigenvalue weighted by Crippen LogP contribution is 2.45. The van der Waals surface area contributed by atoms with Gasteiger partial charge in [0.15, 0.2) is 5.41 Å². The summed E-state index contributed by atoms with van der Waals surface area (Å²) in [4.78, 5) is 29.4. The van der Waals surface area contributed by atoms with Gasteiger partial charge in [-0.25, -0.2) is 0 Å². The van der Waals surface area contributed by atoms with Crippen molar-refractivity contribution in [1.29, 1.82) is 0 Å². The van der Waals surface area contributed by atoms with E-state index in [2.05, 4.69) is 13.8 Å². The summed E-state index contributed by atoms with van der Waals surface area (Å²) in [6, 6.07) is 7.53. The minimum Gasteiger partial charge on any atom is -0.507 e. The molecule has 0 amide bonds. The maximum Gasteiger partial charge on any atom is 0.324 e. The van der Waals surface area contributed by atoms with E-state index in [1.54, 1.807) is 0 Å². The molecule has 0 aliphatic heterocycles. The molecule has 0 aliphatic carbocycles. The number of aliphatic carboxylic acids is 1. The molecule has 0 saturated heterocycles. The van der Waals surface area contributed by atoms with E-state index in [9.17, 15) is 20.1 Å². The number of carbonyl (C=O) groups is 2. The lowest BCUT2D eigenvalue weighted by Crippen LogP contribution is -2.46. The van der Waals surface area contributed by atoms with E-state index in [0.29, 0.717) is 33.4 Å². The highest BCUT2D eigenvalue weighted by atomic mass is 32.1. The summed E-state index contributed by atoms with van der Waals surface area (Å²) in [7, 11) is 0. The largest absolute Gasteiger partial charge is 0.507 e. The zero-order valence-electron chi connectivity index (χ0n) is 45.0. The van der Waals surface area contributed by atoms with Gasteiger partial charge in [0.2, 0.25) is 0 Å². The Kier molecular flexibility index (Phi) is 24.2. The van der Waals surface area contributed by atoms with Gasteiger partial charge < -0.3 is 20.1 Å². The van der Waals surface area contributed by atoms with Gasteiger partial charge in [0.05, 0.1) is 0 Å². The second-order valence-electron chi connectivity index (χ2n) is 24.5. The van der Waals surface area contributed by atoms with Crippen LogP contribution in [0.5, 0.6) is 11.5 Å². The molecule has 66 heavy (non-hydrogen) atoms. The molecule has 7 heteroatoms. The molecule has 6 nitrogen and oxygen atoms in total. The Morgan fingerprint density at radius 1 is 0.470 bits per heavy atom. The van der Waals surface area contributed by atoms with Crippen molar-refractivity contribution in [2.45, 2.75) is 277 Å². The van der Waals surface area contributed by atoms with Crippen LogP contribution in [0.3, 0.4) is 0 Å². The normalized spacial score (nSPS) is 13.1. The van der Waals surface area contributed by atoms with Gasteiger partial charge in [-0.3, -0.25) is 9.59 Å². The van der Waals surface area contributed by atoms with Crippen LogP contribution in [0, 0.1) is 5.41 Å². The van der Waals surface area contributed by atoms with Gasteiger partial charge in [0, 0.05) is 4.75 Å². The van der Waals surface area contributed by atoms with Gasteiger partial charge in [-0.1, -0.05) is 250 Å². The minimum absolute atomic E-state index is 0.0327. The Morgan fingerprint density at radius 3 is 0.970 bits per heavy atom. The number of benzene rings is 2. The van der Waals surface area contributed by atoms with Crippen molar-refractivity contribution in [3.05, 3.63) is 57.6 Å². The van der Waals surface area contributed by atoms with Crippen LogP contribution in [0.15, 0.2) is 24.3 Å². The molecule has 0 aromatic heterocycles. The number of phenols is 2. The Balaban J connectivity index is 2.62. The summed E-state index contributed by atoms with van der Waals surface area (Å²) in [5.41, 5.74) is 0.271. The maximum absolute atomic E-state index is 15.2. The fraction of sp³-hybridized carbons (Fsp3) is 0.763. The summed E-state index contributed by atoms with van der Waals surface area (Å²) in [5, 5.41) is 34.9. The van der Waals surface area contributed by atoms with E-state index < -0.39 is 43.8 Å². The van der Waals surface area contributed by atoms with E-state index in [-0.39, 0.29) is 30.9 Å². The van der Waals surface area contributed by atoms with Crippen LogP contribution >= 0.6 is 12.6 Å². The third-order valence-corrected chi connectivity index (χ3v) is 14.4. The zero-order chi connectivity index (χ0) is 50.0. The molecule has 0 saturated carbocycles. The first-order chi connectivity index (χ1) is 30.6. The number of rotatable bonds is 30. The fourth-order valence-corrected chi connectivity index (χ4v) is 9.89. The number of unbranched alkanes of at least 4 members (excludes halogenated alkanes) is 18. The molecule has 378 valence electrons. The molecule has 0 bridgehead atoms. The van der Waals surface area contributed by atoms with Gasteiger partial charge >= 0.3 is 11.9 Å². The summed E-state index contributed by atoms with van der Waals surface area (Å²) in [6.07, 6.45) is 25.9. The Morgan fingerprint density at radius 2 is 0.727 bits per heavy atom. The Hall–Kier alpha value is -2.67. The third kappa shape index (κ3) is 19.4. The van der Waals surface area contributed by atoms with Crippen LogP contribution in [0.4, 0.5) is 0 Å². The monoisotopic (exact) mass is 937 g/mol. The highest BCUT2D eigenvalue weighted by Gasteiger charge is 2.49. The van der Waals surface area contributed by atoms with Crippen LogP contribution in [-0.4, -0.2) is 38.6 Å². The molecule has 0 fully saturated rings. The van der Waals surface area contributed by atoms with Gasteiger partial charge in [-0.05, 0) is 80.7 Å². The van der Waals surface area contributed by atoms with Crippen LogP contribution in [0.25, 0.3) is 0 Å². The third-order valence-electron chi connectivity index (χ3n) is 13.8. The second kappa shape index (κ2) is 26.9. The zero-order valence-corrected chi connectivity index (χ0v) is 45.9. The second-order valence-corrected chi connectivity index (χ2v) is 25.4. The SMILES string of the molecule is CCCCCCCCCCCCC(S)(CCCCCCCCCCCC)COC(=O)C(Cc1cc(C(C)(C)C)c(O)c(C(C)(C)C)c1)(Cc1cc(C(C)(C)C)c(O)c(C(C)(C)C)c1)C(=O)O. The molecular weight excluding hydrogens is 837 g/mol. The predicted molar refractivity (Wildman–Crippen MR) is 284 cm³/mol. The molecule has 0 atom stereocenters. The van der Waals surface area contributed by atoms with Crippen molar-refractivity contribution < 1.29 is 29.6 Å².